The lowest BCUT2D eigenvalue weighted by molar-refractivity contribution is -0.161. The summed E-state index contributed by atoms with van der Waals surface area (Å²) >= 11 is 0. The van der Waals surface area contributed by atoms with Gasteiger partial charge in [-0.1, -0.05) is 426 Å². The predicted molar refractivity (Wildman–Crippen MR) is 442 cm³/mol. The zero-order valence-electron chi connectivity index (χ0n) is 70.3. The van der Waals surface area contributed by atoms with Crippen molar-refractivity contribution in [2.45, 2.75) is 496 Å². The van der Waals surface area contributed by atoms with Gasteiger partial charge in [-0.15, -0.1) is 0 Å². The summed E-state index contributed by atoms with van der Waals surface area (Å²) in [5.41, 5.74) is 0. The van der Waals surface area contributed by atoms with Gasteiger partial charge < -0.3 is 33.8 Å². The summed E-state index contributed by atoms with van der Waals surface area (Å²) in [6, 6.07) is 0. The summed E-state index contributed by atoms with van der Waals surface area (Å²) in [6.07, 6.45) is 75.1. The van der Waals surface area contributed by atoms with Crippen LogP contribution in [0.4, 0.5) is 0 Å². The third-order valence-electron chi connectivity index (χ3n) is 20.8. The van der Waals surface area contributed by atoms with E-state index in [4.69, 9.17) is 37.0 Å². The normalized spacial score (nSPS) is 13.7. The summed E-state index contributed by atoms with van der Waals surface area (Å²) < 4.78 is 68.9. The van der Waals surface area contributed by atoms with Gasteiger partial charge in [0, 0.05) is 25.7 Å². The van der Waals surface area contributed by atoms with Gasteiger partial charge in [0.15, 0.2) is 12.2 Å². The predicted octanol–water partition coefficient (Wildman–Crippen LogP) is 27.2. The molecular formula is C88H172O17P2. The SMILES string of the molecule is CCCCCCCCCCCCCCCCCCCCCCC(=O)OC[C@H](COP(=O)(O)OC[C@@H](O)COP(=O)(O)OC[C@@H](COC(=O)CCCCCCCCCCC)OC(=O)CCCCCCCCCCCCCCCCCC(C)C)OC(=O)CCCCCCCCCCCCCCCCCCCCCC. The number of carbonyl (C=O) groups is 4. The fourth-order valence-corrected chi connectivity index (χ4v) is 15.4. The van der Waals surface area contributed by atoms with Crippen molar-refractivity contribution in [3.63, 3.8) is 0 Å². The first-order valence-corrected chi connectivity index (χ1v) is 48.6. The van der Waals surface area contributed by atoms with E-state index in [1.165, 1.54) is 302 Å². The zero-order valence-corrected chi connectivity index (χ0v) is 72.1. The number of rotatable bonds is 88. The second kappa shape index (κ2) is 80.7. The molecule has 0 fully saturated rings. The molecule has 0 bridgehead atoms. The molecule has 17 nitrogen and oxygen atoms in total. The number of ether oxygens (including phenoxy) is 4. The van der Waals surface area contributed by atoms with Gasteiger partial charge in [-0.2, -0.15) is 0 Å². The molecule has 0 heterocycles. The molecule has 636 valence electrons. The maximum Gasteiger partial charge on any atom is 0.472 e. The Morgan fingerprint density at radius 1 is 0.252 bits per heavy atom. The van der Waals surface area contributed by atoms with Crippen molar-refractivity contribution in [3.05, 3.63) is 0 Å². The molecule has 0 aromatic rings. The van der Waals surface area contributed by atoms with Gasteiger partial charge in [-0.3, -0.25) is 37.3 Å². The van der Waals surface area contributed by atoms with Gasteiger partial charge in [-0.05, 0) is 31.6 Å². The Balaban J connectivity index is 5.20. The standard InChI is InChI=1S/C88H172O17P2/c1-6-9-12-15-18-21-23-25-27-29-31-33-35-39-43-47-52-57-62-67-72-86(91)99-78-84(105-88(93)73-68-63-58-53-48-44-40-36-34-32-30-28-26-24-22-19-16-13-10-7-2)80-103-107(96,97)101-76-82(89)75-100-106(94,95)102-79-83(77-98-85(90)71-66-61-56-50-20-17-14-11-8-3)104-87(92)74-69-64-59-54-49-45-41-37-38-42-46-51-55-60-65-70-81(4)5/h81-84,89H,6-80H2,1-5H3,(H,94,95)(H,96,97)/t82-,83+,84+/m0/s1. The molecule has 0 rings (SSSR count). The molecule has 0 aromatic carbocycles. The van der Waals surface area contributed by atoms with Crippen LogP contribution in [0.5, 0.6) is 0 Å². The number of aliphatic hydroxyl groups excluding tert-OH is 1. The topological polar surface area (TPSA) is 237 Å². The molecule has 0 aliphatic heterocycles. The third kappa shape index (κ3) is 81.9. The van der Waals surface area contributed by atoms with Gasteiger partial charge in [0.05, 0.1) is 26.4 Å². The third-order valence-corrected chi connectivity index (χ3v) is 22.7. The fourth-order valence-electron chi connectivity index (χ4n) is 13.8. The average molecular weight is 1560 g/mol. The second-order valence-electron chi connectivity index (χ2n) is 32.1. The van der Waals surface area contributed by atoms with Crippen LogP contribution in [0.1, 0.15) is 478 Å². The van der Waals surface area contributed by atoms with E-state index in [2.05, 4.69) is 34.6 Å². The summed E-state index contributed by atoms with van der Waals surface area (Å²) in [5, 5.41) is 10.7. The van der Waals surface area contributed by atoms with Gasteiger partial charge in [0.2, 0.25) is 0 Å². The van der Waals surface area contributed by atoms with Crippen LogP contribution in [0.15, 0.2) is 0 Å². The van der Waals surface area contributed by atoms with Crippen molar-refractivity contribution < 1.29 is 80.2 Å². The minimum Gasteiger partial charge on any atom is -0.462 e. The molecular weight excluding hydrogens is 1390 g/mol. The van der Waals surface area contributed by atoms with E-state index in [-0.39, 0.29) is 25.7 Å². The fraction of sp³-hybridized carbons (Fsp3) is 0.955. The molecule has 107 heavy (non-hydrogen) atoms. The largest absolute Gasteiger partial charge is 0.472 e. The zero-order chi connectivity index (χ0) is 78.3. The Kier molecular flexibility index (Phi) is 79.2. The quantitative estimate of drug-likeness (QED) is 0.0222. The van der Waals surface area contributed by atoms with Crippen LogP contribution in [0.3, 0.4) is 0 Å². The Labute approximate surface area is 658 Å². The van der Waals surface area contributed by atoms with Gasteiger partial charge in [-0.25, -0.2) is 9.13 Å². The Morgan fingerprint density at radius 3 is 0.636 bits per heavy atom. The number of esters is 4. The summed E-state index contributed by atoms with van der Waals surface area (Å²) in [6.45, 7) is 7.38. The Hall–Kier alpha value is -1.94. The van der Waals surface area contributed by atoms with Crippen LogP contribution in [-0.2, 0) is 65.4 Å². The van der Waals surface area contributed by atoms with E-state index < -0.39 is 97.5 Å². The molecule has 0 saturated heterocycles. The highest BCUT2D eigenvalue weighted by Gasteiger charge is 2.30. The first-order chi connectivity index (χ1) is 52.0. The van der Waals surface area contributed by atoms with E-state index in [9.17, 15) is 43.2 Å². The lowest BCUT2D eigenvalue weighted by Gasteiger charge is -2.21. The van der Waals surface area contributed by atoms with E-state index in [0.29, 0.717) is 25.7 Å². The molecule has 0 aliphatic rings. The smallest absolute Gasteiger partial charge is 0.462 e. The lowest BCUT2D eigenvalue weighted by Crippen LogP contribution is -2.30. The van der Waals surface area contributed by atoms with Crippen LogP contribution in [0, 0.1) is 5.92 Å². The van der Waals surface area contributed by atoms with E-state index in [0.717, 1.165) is 95.8 Å². The maximum atomic E-state index is 13.2. The highest BCUT2D eigenvalue weighted by Crippen LogP contribution is 2.45. The van der Waals surface area contributed by atoms with Crippen LogP contribution < -0.4 is 0 Å². The van der Waals surface area contributed by atoms with Crippen molar-refractivity contribution in [2.75, 3.05) is 39.6 Å². The van der Waals surface area contributed by atoms with Gasteiger partial charge >= 0.3 is 39.5 Å². The number of phosphoric acid groups is 2. The molecule has 0 radical (unpaired) electrons. The minimum atomic E-state index is -4.97. The second-order valence-corrected chi connectivity index (χ2v) is 35.0. The van der Waals surface area contributed by atoms with Crippen molar-refractivity contribution in [3.8, 4) is 0 Å². The first kappa shape index (κ1) is 105. The molecule has 0 amide bonds. The molecule has 19 heteroatoms. The first-order valence-electron chi connectivity index (χ1n) is 45.6. The van der Waals surface area contributed by atoms with Crippen LogP contribution in [0.2, 0.25) is 0 Å². The van der Waals surface area contributed by atoms with Crippen molar-refractivity contribution in [2.24, 2.45) is 5.92 Å². The minimum absolute atomic E-state index is 0.108. The lowest BCUT2D eigenvalue weighted by atomic mass is 10.0. The van der Waals surface area contributed by atoms with Gasteiger partial charge in [0.25, 0.3) is 0 Å². The number of carbonyl (C=O) groups excluding carboxylic acids is 4. The van der Waals surface area contributed by atoms with Crippen LogP contribution in [0.25, 0.3) is 0 Å². The van der Waals surface area contributed by atoms with E-state index >= 15 is 0 Å². The Bertz CT molecular complexity index is 2030. The van der Waals surface area contributed by atoms with Crippen LogP contribution >= 0.6 is 15.6 Å². The van der Waals surface area contributed by atoms with Crippen LogP contribution in [-0.4, -0.2) is 96.7 Å². The molecule has 0 aliphatic carbocycles. The molecule has 0 spiro atoms. The van der Waals surface area contributed by atoms with Crippen molar-refractivity contribution in [1.82, 2.24) is 0 Å². The van der Waals surface area contributed by atoms with E-state index in [1.54, 1.807) is 0 Å². The summed E-state index contributed by atoms with van der Waals surface area (Å²) in [5.74, 6) is -1.30. The monoisotopic (exact) mass is 1560 g/mol. The number of hydrogen-bond donors (Lipinski definition) is 3. The number of hydrogen-bond acceptors (Lipinski definition) is 15. The maximum absolute atomic E-state index is 13.2. The number of phosphoric ester groups is 2. The number of unbranched alkanes of at least 4 members (excludes halogenated alkanes) is 60. The summed E-state index contributed by atoms with van der Waals surface area (Å²) in [7, 11) is -9.93. The molecule has 0 saturated carbocycles. The average Bonchev–Trinajstić information content (AvgIpc) is 0.907. The molecule has 2 unspecified atom stereocenters. The van der Waals surface area contributed by atoms with Crippen molar-refractivity contribution in [1.29, 1.82) is 0 Å². The summed E-state index contributed by atoms with van der Waals surface area (Å²) in [4.78, 5) is 73.2. The van der Waals surface area contributed by atoms with Crippen molar-refractivity contribution >= 4 is 39.5 Å². The number of aliphatic hydroxyl groups is 1. The molecule has 3 N–H and O–H groups in total. The van der Waals surface area contributed by atoms with Gasteiger partial charge in [0.1, 0.15) is 19.3 Å². The van der Waals surface area contributed by atoms with E-state index in [1.807, 2.05) is 0 Å². The molecule has 5 atom stereocenters. The molecule has 0 aromatic heterocycles. The highest BCUT2D eigenvalue weighted by molar-refractivity contribution is 7.47. The Morgan fingerprint density at radius 2 is 0.430 bits per heavy atom. The highest BCUT2D eigenvalue weighted by atomic mass is 31.2.